The van der Waals surface area contributed by atoms with Gasteiger partial charge in [0.15, 0.2) is 12.1 Å². The van der Waals surface area contributed by atoms with Gasteiger partial charge < -0.3 is 30.0 Å². The largest absolute Gasteiger partial charge is 0.474 e. The molecule has 0 bridgehead atoms. The van der Waals surface area contributed by atoms with Crippen molar-refractivity contribution < 1.29 is 28.1 Å². The number of pyridine rings is 2. The van der Waals surface area contributed by atoms with Gasteiger partial charge in [-0.2, -0.15) is 0 Å². The Bertz CT molecular complexity index is 1340. The minimum absolute atomic E-state index is 0.0315. The number of fused-ring (bicyclic) bond motifs is 3. The highest BCUT2D eigenvalue weighted by Gasteiger charge is 2.43. The summed E-state index contributed by atoms with van der Waals surface area (Å²) in [5.41, 5.74) is 8.53. The van der Waals surface area contributed by atoms with E-state index in [2.05, 4.69) is 20.6 Å². The zero-order valence-electron chi connectivity index (χ0n) is 19.0. The first kappa shape index (κ1) is 21.8. The molecule has 3 atom stereocenters. The number of rotatable bonds is 3. The number of carbonyl (C=O) groups excluding carboxylic acids is 1. The van der Waals surface area contributed by atoms with Crippen LogP contribution in [0.25, 0.3) is 21.9 Å². The predicted octanol–water partition coefficient (Wildman–Crippen LogP) is 3.44. The summed E-state index contributed by atoms with van der Waals surface area (Å²) in [7, 11) is 0. The Morgan fingerprint density at radius 2 is 2.11 bits per heavy atom. The fourth-order valence-corrected chi connectivity index (χ4v) is 4.87. The van der Waals surface area contributed by atoms with Gasteiger partial charge in [0.2, 0.25) is 5.88 Å². The number of nitrogen functional groups attached to an aromatic ring is 1. The predicted molar refractivity (Wildman–Crippen MR) is 126 cm³/mol. The number of benzene rings is 1. The van der Waals surface area contributed by atoms with Gasteiger partial charge in [-0.3, -0.25) is 5.32 Å². The van der Waals surface area contributed by atoms with Gasteiger partial charge in [0.1, 0.15) is 24.2 Å². The zero-order chi connectivity index (χ0) is 24.1. The number of halogens is 1. The van der Waals surface area contributed by atoms with Gasteiger partial charge in [0, 0.05) is 35.5 Å². The molecule has 3 aromatic rings. The smallest absolute Gasteiger partial charge is 0.413 e. The summed E-state index contributed by atoms with van der Waals surface area (Å²) in [6, 6.07) is 3.30. The number of nitrogens with two attached hydrogens (primary N) is 1. The molecule has 1 aromatic carbocycles. The molecule has 5 heterocycles. The molecule has 2 fully saturated rings. The highest BCUT2D eigenvalue weighted by molar-refractivity contribution is 5.99. The van der Waals surface area contributed by atoms with Crippen molar-refractivity contribution in [3.63, 3.8) is 0 Å². The maximum Gasteiger partial charge on any atom is 0.413 e. The Morgan fingerprint density at radius 1 is 1.23 bits per heavy atom. The fraction of sp³-hybridized carbons (Fsp3) is 0.375. The number of nitrogens with zero attached hydrogens (tertiary/aromatic N) is 2. The number of hydrogen-bond donors (Lipinski definition) is 3. The number of aromatic nitrogens is 2. The van der Waals surface area contributed by atoms with E-state index in [1.54, 1.807) is 18.3 Å². The summed E-state index contributed by atoms with van der Waals surface area (Å²) >= 11 is 0. The van der Waals surface area contributed by atoms with Crippen LogP contribution in [0, 0.1) is 18.7 Å². The average molecular weight is 481 g/mol. The van der Waals surface area contributed by atoms with E-state index in [1.165, 1.54) is 6.20 Å². The van der Waals surface area contributed by atoms with Crippen LogP contribution in [0.4, 0.5) is 26.4 Å². The van der Waals surface area contributed by atoms with Crippen molar-refractivity contribution in [1.82, 2.24) is 9.97 Å². The van der Waals surface area contributed by atoms with E-state index < -0.39 is 11.9 Å². The first-order valence-electron chi connectivity index (χ1n) is 11.4. The van der Waals surface area contributed by atoms with Gasteiger partial charge in [-0.25, -0.2) is 19.2 Å². The van der Waals surface area contributed by atoms with Gasteiger partial charge in [0.05, 0.1) is 24.8 Å². The molecule has 2 aromatic heterocycles. The van der Waals surface area contributed by atoms with Crippen LogP contribution in [0.2, 0.25) is 0 Å². The molecule has 2 saturated heterocycles. The van der Waals surface area contributed by atoms with E-state index in [1.807, 2.05) is 6.92 Å². The van der Waals surface area contributed by atoms with Gasteiger partial charge >= 0.3 is 6.09 Å². The lowest BCUT2D eigenvalue weighted by molar-refractivity contribution is -0.0907. The van der Waals surface area contributed by atoms with E-state index in [4.69, 9.17) is 24.7 Å². The molecule has 1 amide bonds. The minimum Gasteiger partial charge on any atom is -0.474 e. The number of carbonyl (C=O) groups is 1. The van der Waals surface area contributed by atoms with Crippen LogP contribution in [0.5, 0.6) is 5.88 Å². The number of hydrogen-bond acceptors (Lipinski definition) is 9. The van der Waals surface area contributed by atoms with E-state index in [0.29, 0.717) is 54.1 Å². The third-order valence-electron chi connectivity index (χ3n) is 6.71. The van der Waals surface area contributed by atoms with Crippen molar-refractivity contribution in [2.75, 3.05) is 42.7 Å². The van der Waals surface area contributed by atoms with Crippen molar-refractivity contribution in [2.24, 2.45) is 5.92 Å². The normalized spacial score (nSPS) is 22.7. The van der Waals surface area contributed by atoms with Gasteiger partial charge in [-0.15, -0.1) is 0 Å². The lowest BCUT2D eigenvalue weighted by Gasteiger charge is -2.22. The molecule has 11 heteroatoms. The molecule has 4 N–H and O–H groups in total. The van der Waals surface area contributed by atoms with E-state index >= 15 is 4.39 Å². The van der Waals surface area contributed by atoms with Gasteiger partial charge in [-0.05, 0) is 36.4 Å². The Labute approximate surface area is 199 Å². The molecule has 10 nitrogen and oxygen atoms in total. The average Bonchev–Trinajstić information content (AvgIpc) is 3.47. The number of ether oxygens (including phenoxy) is 4. The van der Waals surface area contributed by atoms with Crippen LogP contribution in [0.3, 0.4) is 0 Å². The molecule has 35 heavy (non-hydrogen) atoms. The van der Waals surface area contributed by atoms with Crippen LogP contribution in [0.15, 0.2) is 24.5 Å². The van der Waals surface area contributed by atoms with E-state index in [0.717, 1.165) is 17.7 Å². The highest BCUT2D eigenvalue weighted by atomic mass is 19.1. The van der Waals surface area contributed by atoms with Gasteiger partial charge in [0.25, 0.3) is 0 Å². The van der Waals surface area contributed by atoms with Crippen molar-refractivity contribution >= 4 is 34.1 Å². The fourth-order valence-electron chi connectivity index (χ4n) is 4.87. The molecule has 182 valence electrons. The zero-order valence-corrected chi connectivity index (χ0v) is 19.0. The molecule has 3 aliphatic rings. The Kier molecular flexibility index (Phi) is 5.30. The van der Waals surface area contributed by atoms with E-state index in [-0.39, 0.29) is 29.8 Å². The first-order chi connectivity index (χ1) is 17.0. The topological polar surface area (TPSA) is 130 Å². The maximum atomic E-state index is 15.3. The standard InChI is InChI=1S/C24H24FN5O5/c1-11-15(8-29-22-21(11)27-3-5-32-22)14-6-12-7-18(28-9-16(12)20(26)19(14)25)30-24(31)35-17-10-34-23-13(17)2-4-33-23/h6-9,13,17,23,27H,2-5,10,26H2,1H3,(H,28,30,31)/t13-,17-,23+/m0/s1. The monoisotopic (exact) mass is 481 g/mol. The summed E-state index contributed by atoms with van der Waals surface area (Å²) in [6.45, 7) is 3.91. The Balaban J connectivity index is 1.29. The third kappa shape index (κ3) is 3.76. The molecule has 0 saturated carbocycles. The second-order valence-corrected chi connectivity index (χ2v) is 8.79. The van der Waals surface area contributed by atoms with Gasteiger partial charge in [-0.1, -0.05) is 0 Å². The summed E-state index contributed by atoms with van der Waals surface area (Å²) in [5.74, 6) is 0.219. The molecule has 6 rings (SSSR count). The second-order valence-electron chi connectivity index (χ2n) is 8.79. The number of amides is 1. The summed E-state index contributed by atoms with van der Waals surface area (Å²) in [4.78, 5) is 21.1. The maximum absolute atomic E-state index is 15.3. The summed E-state index contributed by atoms with van der Waals surface area (Å²) in [5, 5.41) is 6.95. The van der Waals surface area contributed by atoms with Crippen LogP contribution >= 0.6 is 0 Å². The molecule has 0 aliphatic carbocycles. The van der Waals surface area contributed by atoms with Crippen LogP contribution in [0.1, 0.15) is 12.0 Å². The molecule has 0 unspecified atom stereocenters. The van der Waals surface area contributed by atoms with Crippen molar-refractivity contribution in [2.45, 2.75) is 25.7 Å². The van der Waals surface area contributed by atoms with Crippen LogP contribution < -0.4 is 21.1 Å². The molecule has 3 aliphatic heterocycles. The molecule has 0 spiro atoms. The number of anilines is 3. The second kappa shape index (κ2) is 8.51. The first-order valence-corrected chi connectivity index (χ1v) is 11.4. The Hall–Kier alpha value is -3.70. The highest BCUT2D eigenvalue weighted by Crippen LogP contribution is 2.39. The van der Waals surface area contributed by atoms with E-state index in [9.17, 15) is 4.79 Å². The van der Waals surface area contributed by atoms with Crippen molar-refractivity contribution in [3.8, 4) is 17.0 Å². The summed E-state index contributed by atoms with van der Waals surface area (Å²) < 4.78 is 37.4. The number of nitrogens with one attached hydrogen (secondary N) is 2. The SMILES string of the molecule is Cc1c(-c2cc3cc(NC(=O)O[C@H]4CO[C@H]5OCC[C@H]54)ncc3c(N)c2F)cnc2c1NCCO2. The lowest BCUT2D eigenvalue weighted by Crippen LogP contribution is -2.28. The van der Waals surface area contributed by atoms with Crippen molar-refractivity contribution in [1.29, 1.82) is 0 Å². The lowest BCUT2D eigenvalue weighted by atomic mass is 9.97. The quantitative estimate of drug-likeness (QED) is 0.482. The molecule has 0 radical (unpaired) electrons. The third-order valence-corrected chi connectivity index (χ3v) is 6.71. The van der Waals surface area contributed by atoms with Crippen LogP contribution in [-0.4, -0.2) is 54.8 Å². The minimum atomic E-state index is -0.644. The summed E-state index contributed by atoms with van der Waals surface area (Å²) in [6.07, 6.45) is 2.45. The molecular formula is C24H24FN5O5. The Morgan fingerprint density at radius 3 is 3.00 bits per heavy atom. The molecular weight excluding hydrogens is 457 g/mol. The van der Waals surface area contributed by atoms with Crippen LogP contribution in [-0.2, 0) is 14.2 Å². The van der Waals surface area contributed by atoms with Crippen molar-refractivity contribution in [3.05, 3.63) is 35.9 Å².